The first-order valence-electron chi connectivity index (χ1n) is 7.74. The van der Waals surface area contributed by atoms with Gasteiger partial charge in [-0.15, -0.1) is 0 Å². The van der Waals surface area contributed by atoms with Crippen LogP contribution in [-0.2, 0) is 4.74 Å². The molecule has 0 spiro atoms. The molecule has 4 heteroatoms. The zero-order chi connectivity index (χ0) is 15.7. The molecule has 0 fully saturated rings. The predicted octanol–water partition coefficient (Wildman–Crippen LogP) is 3.56. The van der Waals surface area contributed by atoms with E-state index in [1.54, 1.807) is 7.11 Å². The zero-order valence-corrected chi connectivity index (χ0v) is 13.9. The molecular formula is C17H29NO3. The van der Waals surface area contributed by atoms with E-state index < -0.39 is 0 Å². The minimum atomic E-state index is 0.225. The smallest absolute Gasteiger partial charge is 0.127 e. The van der Waals surface area contributed by atoms with Crippen molar-refractivity contribution in [2.45, 2.75) is 46.3 Å². The van der Waals surface area contributed by atoms with Crippen molar-refractivity contribution in [1.29, 1.82) is 0 Å². The Kier molecular flexibility index (Phi) is 8.16. The Labute approximate surface area is 128 Å². The third kappa shape index (κ3) is 6.36. The Bertz CT molecular complexity index is 407. The SMILES string of the molecule is CCCNC(C)c1ccc(OC)cc1OCCOC(C)C. The van der Waals surface area contributed by atoms with Crippen molar-refractivity contribution in [3.63, 3.8) is 0 Å². The van der Waals surface area contributed by atoms with Crippen molar-refractivity contribution in [2.75, 3.05) is 26.9 Å². The number of benzene rings is 1. The molecule has 0 heterocycles. The summed E-state index contributed by atoms with van der Waals surface area (Å²) in [7, 11) is 1.67. The van der Waals surface area contributed by atoms with E-state index in [2.05, 4.69) is 25.2 Å². The van der Waals surface area contributed by atoms with E-state index in [-0.39, 0.29) is 12.1 Å². The normalized spacial score (nSPS) is 12.5. The lowest BCUT2D eigenvalue weighted by Gasteiger charge is -2.19. The van der Waals surface area contributed by atoms with E-state index >= 15 is 0 Å². The number of methoxy groups -OCH3 is 1. The van der Waals surface area contributed by atoms with E-state index in [1.807, 2.05) is 26.0 Å². The summed E-state index contributed by atoms with van der Waals surface area (Å²) in [6.07, 6.45) is 1.34. The quantitative estimate of drug-likeness (QED) is 0.670. The number of hydrogen-bond acceptors (Lipinski definition) is 4. The third-order valence-electron chi connectivity index (χ3n) is 3.18. The summed E-state index contributed by atoms with van der Waals surface area (Å²) in [5.41, 5.74) is 1.15. The van der Waals surface area contributed by atoms with Gasteiger partial charge in [-0.05, 0) is 39.8 Å². The molecule has 1 aromatic rings. The monoisotopic (exact) mass is 295 g/mol. The first-order chi connectivity index (χ1) is 10.1. The van der Waals surface area contributed by atoms with Crippen LogP contribution in [0.4, 0.5) is 0 Å². The average molecular weight is 295 g/mol. The van der Waals surface area contributed by atoms with Crippen LogP contribution in [0.15, 0.2) is 18.2 Å². The van der Waals surface area contributed by atoms with Crippen molar-refractivity contribution >= 4 is 0 Å². The Morgan fingerprint density at radius 1 is 1.14 bits per heavy atom. The van der Waals surface area contributed by atoms with Gasteiger partial charge in [-0.3, -0.25) is 0 Å². The summed E-state index contributed by atoms with van der Waals surface area (Å²) in [5, 5.41) is 3.48. The fraction of sp³-hybridized carbons (Fsp3) is 0.647. The van der Waals surface area contributed by atoms with Crippen molar-refractivity contribution in [3.8, 4) is 11.5 Å². The average Bonchev–Trinajstić information content (AvgIpc) is 2.48. The molecule has 0 aliphatic rings. The van der Waals surface area contributed by atoms with Gasteiger partial charge in [-0.25, -0.2) is 0 Å². The van der Waals surface area contributed by atoms with E-state index in [1.165, 1.54) is 0 Å². The Hall–Kier alpha value is -1.26. The van der Waals surface area contributed by atoms with Crippen LogP contribution in [-0.4, -0.2) is 33.0 Å². The molecule has 1 aromatic carbocycles. The second kappa shape index (κ2) is 9.64. The molecule has 1 N–H and O–H groups in total. The fourth-order valence-corrected chi connectivity index (χ4v) is 2.03. The van der Waals surface area contributed by atoms with Crippen molar-refractivity contribution in [2.24, 2.45) is 0 Å². The highest BCUT2D eigenvalue weighted by Crippen LogP contribution is 2.29. The molecule has 120 valence electrons. The van der Waals surface area contributed by atoms with Gasteiger partial charge >= 0.3 is 0 Å². The van der Waals surface area contributed by atoms with E-state index in [9.17, 15) is 0 Å². The van der Waals surface area contributed by atoms with Crippen LogP contribution in [0, 0.1) is 0 Å². The molecule has 1 unspecified atom stereocenters. The van der Waals surface area contributed by atoms with E-state index in [0.29, 0.717) is 13.2 Å². The maximum Gasteiger partial charge on any atom is 0.127 e. The summed E-state index contributed by atoms with van der Waals surface area (Å²) < 4.78 is 16.7. The van der Waals surface area contributed by atoms with Gasteiger partial charge < -0.3 is 19.5 Å². The number of hydrogen-bond donors (Lipinski definition) is 1. The molecule has 0 radical (unpaired) electrons. The van der Waals surface area contributed by atoms with E-state index in [4.69, 9.17) is 14.2 Å². The highest BCUT2D eigenvalue weighted by Gasteiger charge is 2.12. The highest BCUT2D eigenvalue weighted by molar-refractivity contribution is 5.42. The zero-order valence-electron chi connectivity index (χ0n) is 13.9. The third-order valence-corrected chi connectivity index (χ3v) is 3.18. The maximum atomic E-state index is 5.89. The molecule has 0 aliphatic carbocycles. The molecule has 1 rings (SSSR count). The number of nitrogens with one attached hydrogen (secondary N) is 1. The van der Waals surface area contributed by atoms with Crippen LogP contribution < -0.4 is 14.8 Å². The van der Waals surface area contributed by atoms with Crippen LogP contribution in [0.3, 0.4) is 0 Å². The summed E-state index contributed by atoms with van der Waals surface area (Å²) in [5.74, 6) is 1.67. The Balaban J connectivity index is 2.72. The molecule has 0 amide bonds. The van der Waals surface area contributed by atoms with Crippen LogP contribution >= 0.6 is 0 Å². The Morgan fingerprint density at radius 3 is 2.52 bits per heavy atom. The molecule has 1 atom stereocenters. The van der Waals surface area contributed by atoms with Crippen LogP contribution in [0.1, 0.15) is 45.7 Å². The molecule has 0 aromatic heterocycles. The molecule has 4 nitrogen and oxygen atoms in total. The molecule has 0 saturated heterocycles. The number of rotatable bonds is 10. The summed E-state index contributed by atoms with van der Waals surface area (Å²) in [4.78, 5) is 0. The molecule has 0 aliphatic heterocycles. The standard InChI is InChI=1S/C17H29NO3/c1-6-9-18-14(4)16-8-7-15(19-5)12-17(16)21-11-10-20-13(2)3/h7-8,12-14,18H,6,9-11H2,1-5H3. The van der Waals surface area contributed by atoms with Gasteiger partial charge in [0.25, 0.3) is 0 Å². The minimum Gasteiger partial charge on any atom is -0.497 e. The van der Waals surface area contributed by atoms with Gasteiger partial charge in [0.2, 0.25) is 0 Å². The first kappa shape index (κ1) is 17.8. The fourth-order valence-electron chi connectivity index (χ4n) is 2.03. The topological polar surface area (TPSA) is 39.7 Å². The molecule has 0 saturated carbocycles. The van der Waals surface area contributed by atoms with Gasteiger partial charge in [0.05, 0.1) is 19.8 Å². The van der Waals surface area contributed by atoms with Gasteiger partial charge in [-0.1, -0.05) is 13.0 Å². The number of ether oxygens (including phenoxy) is 3. The van der Waals surface area contributed by atoms with E-state index in [0.717, 1.165) is 30.0 Å². The van der Waals surface area contributed by atoms with Crippen LogP contribution in [0.2, 0.25) is 0 Å². The lowest BCUT2D eigenvalue weighted by molar-refractivity contribution is 0.0549. The molecule has 21 heavy (non-hydrogen) atoms. The summed E-state index contributed by atoms with van der Waals surface area (Å²) in [6.45, 7) is 10.5. The minimum absolute atomic E-state index is 0.225. The van der Waals surface area contributed by atoms with Gasteiger partial charge in [0.15, 0.2) is 0 Å². The second-order valence-corrected chi connectivity index (χ2v) is 5.35. The second-order valence-electron chi connectivity index (χ2n) is 5.35. The summed E-state index contributed by atoms with van der Waals surface area (Å²) >= 11 is 0. The lowest BCUT2D eigenvalue weighted by atomic mass is 10.1. The maximum absolute atomic E-state index is 5.89. The van der Waals surface area contributed by atoms with Gasteiger partial charge in [-0.2, -0.15) is 0 Å². The molecular weight excluding hydrogens is 266 g/mol. The van der Waals surface area contributed by atoms with Crippen molar-refractivity contribution in [3.05, 3.63) is 23.8 Å². The van der Waals surface area contributed by atoms with Crippen LogP contribution in [0.5, 0.6) is 11.5 Å². The van der Waals surface area contributed by atoms with Crippen molar-refractivity contribution in [1.82, 2.24) is 5.32 Å². The first-order valence-corrected chi connectivity index (χ1v) is 7.74. The lowest BCUT2D eigenvalue weighted by Crippen LogP contribution is -2.20. The van der Waals surface area contributed by atoms with Gasteiger partial charge in [0.1, 0.15) is 18.1 Å². The van der Waals surface area contributed by atoms with Crippen molar-refractivity contribution < 1.29 is 14.2 Å². The van der Waals surface area contributed by atoms with Crippen LogP contribution in [0.25, 0.3) is 0 Å². The predicted molar refractivity (Wildman–Crippen MR) is 86.3 cm³/mol. The summed E-state index contributed by atoms with van der Waals surface area (Å²) in [6, 6.07) is 6.22. The van der Waals surface area contributed by atoms with Gasteiger partial charge in [0, 0.05) is 17.7 Å². The molecule has 0 bridgehead atoms. The Morgan fingerprint density at radius 2 is 1.90 bits per heavy atom. The highest BCUT2D eigenvalue weighted by atomic mass is 16.5. The largest absolute Gasteiger partial charge is 0.497 e.